The number of aliphatic hydroxyl groups is 5. The van der Waals surface area contributed by atoms with Crippen molar-refractivity contribution in [2.24, 2.45) is 0 Å². The van der Waals surface area contributed by atoms with Crippen LogP contribution in [0.2, 0.25) is 0 Å². The number of hydrogen-bond donors (Lipinski definition) is 6. The maximum absolute atomic E-state index is 12.8. The molecule has 1 fully saturated rings. The Balaban J connectivity index is 2.38. The van der Waals surface area contributed by atoms with Crippen LogP contribution in [0.5, 0.6) is 0 Å². The van der Waals surface area contributed by atoms with Gasteiger partial charge in [0.2, 0.25) is 0 Å². The number of carbonyl (C=O) groups is 1. The zero-order valence-electron chi connectivity index (χ0n) is 39.6. The van der Waals surface area contributed by atoms with E-state index in [4.69, 9.17) is 18.5 Å². The molecule has 0 amide bonds. The number of phosphoric ester groups is 1. The molecule has 1 aliphatic carbocycles. The first-order valence-electron chi connectivity index (χ1n) is 24.8. The van der Waals surface area contributed by atoms with Gasteiger partial charge < -0.3 is 39.9 Å². The van der Waals surface area contributed by atoms with Crippen LogP contribution in [0.3, 0.4) is 0 Å². The molecular weight excluding hydrogens is 836 g/mol. The number of allylic oxidation sites excluding steroid dienone is 12. The highest BCUT2D eigenvalue weighted by atomic mass is 31.2. The molecule has 370 valence electrons. The van der Waals surface area contributed by atoms with Crippen molar-refractivity contribution in [2.45, 2.75) is 224 Å². The van der Waals surface area contributed by atoms with E-state index < -0.39 is 63.1 Å². The molecule has 64 heavy (non-hydrogen) atoms. The number of carbonyl (C=O) groups excluding carboxylic acids is 1. The van der Waals surface area contributed by atoms with Crippen molar-refractivity contribution >= 4 is 13.8 Å². The molecule has 6 unspecified atom stereocenters. The highest BCUT2D eigenvalue weighted by molar-refractivity contribution is 7.47. The first-order chi connectivity index (χ1) is 31.0. The summed E-state index contributed by atoms with van der Waals surface area (Å²) in [5.74, 6) is -0.492. The number of esters is 1. The second-order valence-corrected chi connectivity index (χ2v) is 18.3. The smallest absolute Gasteiger partial charge is 0.457 e. The summed E-state index contributed by atoms with van der Waals surface area (Å²) in [6.45, 7) is 4.09. The molecule has 6 atom stereocenters. The zero-order valence-corrected chi connectivity index (χ0v) is 40.5. The third-order valence-electron chi connectivity index (χ3n) is 11.1. The number of unbranched alkanes of at least 4 members (excludes halogenated alkanes) is 17. The quantitative estimate of drug-likeness (QED) is 0.0147. The zero-order chi connectivity index (χ0) is 46.9. The Morgan fingerprint density at radius 3 is 1.41 bits per heavy atom. The Morgan fingerprint density at radius 2 is 0.922 bits per heavy atom. The Kier molecular flexibility index (Phi) is 38.3. The van der Waals surface area contributed by atoms with Crippen molar-refractivity contribution in [3.05, 3.63) is 72.9 Å². The van der Waals surface area contributed by atoms with Gasteiger partial charge in [0, 0.05) is 13.0 Å². The van der Waals surface area contributed by atoms with Gasteiger partial charge in [0.1, 0.15) is 42.7 Å². The summed E-state index contributed by atoms with van der Waals surface area (Å²) in [4.78, 5) is 23.2. The summed E-state index contributed by atoms with van der Waals surface area (Å²) in [5, 5.41) is 50.3. The second kappa shape index (κ2) is 41.0. The first-order valence-corrected chi connectivity index (χ1v) is 26.3. The molecule has 6 N–H and O–H groups in total. The van der Waals surface area contributed by atoms with Crippen LogP contribution in [0, 0.1) is 0 Å². The molecule has 0 saturated heterocycles. The van der Waals surface area contributed by atoms with Crippen molar-refractivity contribution in [3.8, 4) is 0 Å². The molecule has 1 aliphatic rings. The lowest BCUT2D eigenvalue weighted by molar-refractivity contribution is -0.220. The Labute approximate surface area is 387 Å². The van der Waals surface area contributed by atoms with Crippen LogP contribution in [-0.2, 0) is 27.9 Å². The van der Waals surface area contributed by atoms with Crippen LogP contribution < -0.4 is 0 Å². The van der Waals surface area contributed by atoms with Crippen LogP contribution in [0.15, 0.2) is 72.9 Å². The number of aliphatic hydroxyl groups excluding tert-OH is 5. The standard InChI is InChI=1S/C51H89O12P/c1-3-5-7-9-11-13-15-17-19-21-22-23-25-27-29-31-33-35-37-39-41-60-42-44(43-61-64(58,59)63-51-49(56)47(54)46(53)48(55)50(51)57)62-45(52)40-38-36-34-32-30-28-26-24-20-18-16-14-12-10-8-6-4-2/h5,7,11-14,17-20,22-23,44,46-51,53-57H,3-4,6,8-10,15-16,21,24-43H2,1-2H3,(H,58,59)/b7-5-,13-11-,14-12-,19-17-,20-18-,23-22-. The molecule has 0 aromatic heterocycles. The highest BCUT2D eigenvalue weighted by Gasteiger charge is 2.51. The number of rotatable bonds is 41. The predicted molar refractivity (Wildman–Crippen MR) is 258 cm³/mol. The number of ether oxygens (including phenoxy) is 2. The summed E-state index contributed by atoms with van der Waals surface area (Å²) in [6.07, 6.45) is 41.0. The number of phosphoric acid groups is 1. The minimum absolute atomic E-state index is 0.0910. The van der Waals surface area contributed by atoms with E-state index in [9.17, 15) is 39.8 Å². The summed E-state index contributed by atoms with van der Waals surface area (Å²) >= 11 is 0. The van der Waals surface area contributed by atoms with Gasteiger partial charge in [-0.05, 0) is 83.5 Å². The molecule has 1 rings (SSSR count). The van der Waals surface area contributed by atoms with Crippen molar-refractivity contribution in [2.75, 3.05) is 19.8 Å². The Hall–Kier alpha value is -2.22. The third-order valence-corrected chi connectivity index (χ3v) is 12.0. The lowest BCUT2D eigenvalue weighted by atomic mass is 9.85. The summed E-state index contributed by atoms with van der Waals surface area (Å²) in [6, 6.07) is 0. The fourth-order valence-corrected chi connectivity index (χ4v) is 8.11. The Bertz CT molecular complexity index is 1330. The van der Waals surface area contributed by atoms with Gasteiger partial charge in [-0.1, -0.05) is 164 Å². The fraction of sp³-hybridized carbons (Fsp3) is 0.745. The Morgan fingerprint density at radius 1 is 0.516 bits per heavy atom. The summed E-state index contributed by atoms with van der Waals surface area (Å²) in [7, 11) is -5.03. The number of hydrogen-bond acceptors (Lipinski definition) is 11. The van der Waals surface area contributed by atoms with Gasteiger partial charge in [0.15, 0.2) is 0 Å². The van der Waals surface area contributed by atoms with Crippen LogP contribution in [-0.4, -0.2) is 98.9 Å². The summed E-state index contributed by atoms with van der Waals surface area (Å²) in [5.41, 5.74) is 0. The molecule has 13 heteroatoms. The third kappa shape index (κ3) is 32.5. The average Bonchev–Trinajstić information content (AvgIpc) is 3.28. The van der Waals surface area contributed by atoms with Gasteiger partial charge >= 0.3 is 13.8 Å². The van der Waals surface area contributed by atoms with Crippen molar-refractivity contribution in [1.29, 1.82) is 0 Å². The van der Waals surface area contributed by atoms with E-state index in [0.717, 1.165) is 96.3 Å². The van der Waals surface area contributed by atoms with Crippen molar-refractivity contribution < 1.29 is 58.3 Å². The van der Waals surface area contributed by atoms with E-state index in [1.165, 1.54) is 57.8 Å². The largest absolute Gasteiger partial charge is 0.472 e. The van der Waals surface area contributed by atoms with Crippen molar-refractivity contribution in [1.82, 2.24) is 0 Å². The molecule has 0 heterocycles. The van der Waals surface area contributed by atoms with E-state index in [-0.39, 0.29) is 13.0 Å². The summed E-state index contributed by atoms with van der Waals surface area (Å²) < 4.78 is 34.2. The highest BCUT2D eigenvalue weighted by Crippen LogP contribution is 2.47. The topological polar surface area (TPSA) is 192 Å². The average molecular weight is 925 g/mol. The molecule has 0 aliphatic heterocycles. The monoisotopic (exact) mass is 925 g/mol. The maximum Gasteiger partial charge on any atom is 0.472 e. The van der Waals surface area contributed by atoms with Crippen LogP contribution >= 0.6 is 7.82 Å². The van der Waals surface area contributed by atoms with Gasteiger partial charge in [-0.2, -0.15) is 0 Å². The minimum Gasteiger partial charge on any atom is -0.457 e. The first kappa shape index (κ1) is 59.8. The van der Waals surface area contributed by atoms with E-state index in [1.807, 2.05) is 0 Å². The molecule has 0 radical (unpaired) electrons. The molecule has 0 spiro atoms. The van der Waals surface area contributed by atoms with Crippen LogP contribution in [0.1, 0.15) is 181 Å². The van der Waals surface area contributed by atoms with Crippen LogP contribution in [0.4, 0.5) is 0 Å². The SMILES string of the molecule is CC/C=C\C/C=C\C/C=C\C/C=C\CCCCCCCCCOCC(COP(=O)(O)OC1C(O)C(O)C(O)C(O)C1O)OC(=O)CCCCCCCCC/C=C\C/C=C\CCCCC. The van der Waals surface area contributed by atoms with Crippen molar-refractivity contribution in [3.63, 3.8) is 0 Å². The second-order valence-electron chi connectivity index (χ2n) is 16.9. The van der Waals surface area contributed by atoms with Crippen LogP contribution in [0.25, 0.3) is 0 Å². The molecule has 0 aromatic rings. The van der Waals surface area contributed by atoms with E-state index >= 15 is 0 Å². The van der Waals surface area contributed by atoms with E-state index in [0.29, 0.717) is 13.0 Å². The maximum atomic E-state index is 12.8. The normalized spacial score (nSPS) is 22.3. The lowest BCUT2D eigenvalue weighted by Crippen LogP contribution is -2.64. The van der Waals surface area contributed by atoms with Gasteiger partial charge in [0.25, 0.3) is 0 Å². The molecule has 0 aromatic carbocycles. The molecule has 0 bridgehead atoms. The van der Waals surface area contributed by atoms with Gasteiger partial charge in [-0.25, -0.2) is 4.57 Å². The lowest BCUT2D eigenvalue weighted by Gasteiger charge is -2.41. The molecule has 12 nitrogen and oxygen atoms in total. The fourth-order valence-electron chi connectivity index (χ4n) is 7.14. The van der Waals surface area contributed by atoms with E-state index in [2.05, 4.69) is 86.8 Å². The van der Waals surface area contributed by atoms with E-state index in [1.54, 1.807) is 0 Å². The predicted octanol–water partition coefficient (Wildman–Crippen LogP) is 10.8. The molecule has 1 saturated carbocycles. The molecular formula is C51H89O12P. The van der Waals surface area contributed by atoms with Gasteiger partial charge in [-0.15, -0.1) is 0 Å². The van der Waals surface area contributed by atoms with Gasteiger partial charge in [-0.3, -0.25) is 13.8 Å². The van der Waals surface area contributed by atoms with Gasteiger partial charge in [0.05, 0.1) is 13.2 Å². The minimum atomic E-state index is -5.03.